The molecule has 0 bridgehead atoms. The number of aryl methyl sites for hydroxylation is 2. The largest absolute Gasteiger partial charge is 0.302 e. The number of hydrogen-bond donors (Lipinski definition) is 1. The number of anilines is 1. The Kier molecular flexibility index (Phi) is 4.13. The fraction of sp³-hybridized carbons (Fsp3) is 0.176. The number of fused-ring (bicyclic) bond motifs is 1. The van der Waals surface area contributed by atoms with Crippen LogP contribution in [0, 0.1) is 13.8 Å². The monoisotopic (exact) mass is 365 g/mol. The third-order valence-corrected chi connectivity index (χ3v) is 4.42. The molecule has 0 radical (unpaired) electrons. The maximum absolute atomic E-state index is 12.3. The molecule has 0 spiro atoms. The number of pyridine rings is 1. The second-order valence-corrected chi connectivity index (χ2v) is 6.61. The molecular weight excluding hydrogens is 350 g/mol. The summed E-state index contributed by atoms with van der Waals surface area (Å²) in [5.74, 6) is 0.694. The van der Waals surface area contributed by atoms with Crippen molar-refractivity contribution < 1.29 is 4.79 Å². The summed E-state index contributed by atoms with van der Waals surface area (Å²) in [6.07, 6.45) is 1.76. The van der Waals surface area contributed by atoms with E-state index in [1.165, 1.54) is 11.3 Å². The van der Waals surface area contributed by atoms with Gasteiger partial charge in [0, 0.05) is 23.0 Å². The molecule has 4 heterocycles. The number of amides is 1. The molecule has 130 valence electrons. The lowest BCUT2D eigenvalue weighted by molar-refractivity contribution is -0.115. The minimum Gasteiger partial charge on any atom is -0.302 e. The predicted octanol–water partition coefficient (Wildman–Crippen LogP) is 2.44. The van der Waals surface area contributed by atoms with Crippen molar-refractivity contribution in [3.8, 4) is 11.4 Å². The third kappa shape index (κ3) is 3.29. The number of aromatic nitrogens is 6. The summed E-state index contributed by atoms with van der Waals surface area (Å²) in [4.78, 5) is 29.6. The van der Waals surface area contributed by atoms with Gasteiger partial charge in [-0.1, -0.05) is 6.07 Å². The average molecular weight is 365 g/mol. The Labute approximate surface area is 153 Å². The van der Waals surface area contributed by atoms with Crippen LogP contribution in [0.5, 0.6) is 0 Å². The van der Waals surface area contributed by atoms with Crippen molar-refractivity contribution in [2.45, 2.75) is 20.3 Å². The molecule has 4 aromatic rings. The average Bonchev–Trinajstić information content (AvgIpc) is 3.22. The molecule has 0 saturated heterocycles. The van der Waals surface area contributed by atoms with Gasteiger partial charge in [-0.2, -0.15) is 4.98 Å². The van der Waals surface area contributed by atoms with Gasteiger partial charge in [0.05, 0.1) is 12.1 Å². The number of rotatable bonds is 4. The summed E-state index contributed by atoms with van der Waals surface area (Å²) >= 11 is 1.35. The maximum Gasteiger partial charge on any atom is 0.252 e. The number of thiazole rings is 1. The third-order valence-electron chi connectivity index (χ3n) is 3.66. The molecule has 0 saturated carbocycles. The molecule has 0 aliphatic heterocycles. The van der Waals surface area contributed by atoms with E-state index in [0.717, 1.165) is 22.8 Å². The molecule has 0 fully saturated rings. The zero-order valence-corrected chi connectivity index (χ0v) is 15.0. The molecule has 0 aromatic carbocycles. The SMILES string of the molecule is Cc1cc(C)n2nc(CC(=O)Nc3nc(-c4ccccn4)cs3)nc2n1. The Morgan fingerprint density at radius 2 is 2.08 bits per heavy atom. The van der Waals surface area contributed by atoms with Crippen molar-refractivity contribution >= 4 is 28.2 Å². The van der Waals surface area contributed by atoms with Crippen LogP contribution in [0.1, 0.15) is 17.2 Å². The highest BCUT2D eigenvalue weighted by Crippen LogP contribution is 2.23. The summed E-state index contributed by atoms with van der Waals surface area (Å²) in [7, 11) is 0. The van der Waals surface area contributed by atoms with Gasteiger partial charge in [-0.3, -0.25) is 9.78 Å². The topological polar surface area (TPSA) is 98.0 Å². The lowest BCUT2D eigenvalue weighted by atomic mass is 10.3. The molecular formula is C17H15N7OS. The van der Waals surface area contributed by atoms with Gasteiger partial charge < -0.3 is 5.32 Å². The second-order valence-electron chi connectivity index (χ2n) is 5.76. The Bertz CT molecular complexity index is 1090. The molecule has 9 heteroatoms. The van der Waals surface area contributed by atoms with Crippen LogP contribution >= 0.6 is 11.3 Å². The van der Waals surface area contributed by atoms with Crippen molar-refractivity contribution in [1.29, 1.82) is 0 Å². The van der Waals surface area contributed by atoms with Gasteiger partial charge in [0.25, 0.3) is 5.78 Å². The minimum absolute atomic E-state index is 0.0559. The molecule has 4 aromatic heterocycles. The summed E-state index contributed by atoms with van der Waals surface area (Å²) in [6, 6.07) is 7.53. The Hall–Kier alpha value is -3.20. The van der Waals surface area contributed by atoms with Crippen LogP contribution in [0.4, 0.5) is 5.13 Å². The van der Waals surface area contributed by atoms with E-state index in [0.29, 0.717) is 16.7 Å². The van der Waals surface area contributed by atoms with E-state index in [1.807, 2.05) is 43.5 Å². The van der Waals surface area contributed by atoms with E-state index in [9.17, 15) is 4.79 Å². The predicted molar refractivity (Wildman–Crippen MR) is 97.9 cm³/mol. The van der Waals surface area contributed by atoms with Crippen LogP contribution < -0.4 is 5.32 Å². The van der Waals surface area contributed by atoms with Gasteiger partial charge in [-0.05, 0) is 32.0 Å². The van der Waals surface area contributed by atoms with Crippen LogP contribution in [0.2, 0.25) is 0 Å². The minimum atomic E-state index is -0.225. The van der Waals surface area contributed by atoms with Crippen LogP contribution in [0.25, 0.3) is 17.2 Å². The van der Waals surface area contributed by atoms with Gasteiger partial charge in [0.2, 0.25) is 5.91 Å². The first-order valence-electron chi connectivity index (χ1n) is 7.95. The van der Waals surface area contributed by atoms with E-state index in [-0.39, 0.29) is 12.3 Å². The van der Waals surface area contributed by atoms with Gasteiger partial charge in [-0.25, -0.2) is 14.5 Å². The molecule has 8 nitrogen and oxygen atoms in total. The van der Waals surface area contributed by atoms with E-state index < -0.39 is 0 Å². The molecule has 26 heavy (non-hydrogen) atoms. The Morgan fingerprint density at radius 1 is 1.19 bits per heavy atom. The molecule has 0 aliphatic rings. The van der Waals surface area contributed by atoms with Gasteiger partial charge >= 0.3 is 0 Å². The Morgan fingerprint density at radius 3 is 2.88 bits per heavy atom. The van der Waals surface area contributed by atoms with Gasteiger partial charge in [0.15, 0.2) is 11.0 Å². The summed E-state index contributed by atoms with van der Waals surface area (Å²) < 4.78 is 1.64. The van der Waals surface area contributed by atoms with Crippen LogP contribution in [0.3, 0.4) is 0 Å². The van der Waals surface area contributed by atoms with Crippen molar-refractivity contribution in [2.24, 2.45) is 0 Å². The maximum atomic E-state index is 12.3. The molecule has 1 amide bonds. The van der Waals surface area contributed by atoms with Crippen molar-refractivity contribution in [2.75, 3.05) is 5.32 Å². The van der Waals surface area contributed by atoms with Crippen molar-refractivity contribution in [3.05, 3.63) is 53.1 Å². The molecule has 4 rings (SSSR count). The number of nitrogens with one attached hydrogen (secondary N) is 1. The lowest BCUT2D eigenvalue weighted by Crippen LogP contribution is -2.15. The molecule has 0 unspecified atom stereocenters. The first-order chi connectivity index (χ1) is 12.6. The second kappa shape index (κ2) is 6.60. The van der Waals surface area contributed by atoms with Crippen molar-refractivity contribution in [3.63, 3.8) is 0 Å². The van der Waals surface area contributed by atoms with Gasteiger partial charge in [-0.15, -0.1) is 16.4 Å². The summed E-state index contributed by atoms with van der Waals surface area (Å²) in [6.45, 7) is 3.82. The highest BCUT2D eigenvalue weighted by molar-refractivity contribution is 7.14. The number of carbonyl (C=O) groups is 1. The first kappa shape index (κ1) is 16.3. The normalized spacial score (nSPS) is 11.0. The fourth-order valence-electron chi connectivity index (χ4n) is 2.55. The number of carbonyl (C=O) groups excluding carboxylic acids is 1. The van der Waals surface area contributed by atoms with Crippen LogP contribution in [-0.4, -0.2) is 35.5 Å². The standard InChI is InChI=1S/C17H15N7OS/c1-10-7-11(2)24-16(19-10)21-14(23-24)8-15(25)22-17-20-13(9-26-17)12-5-3-4-6-18-12/h3-7,9H,8H2,1-2H3,(H,20,22,25). The zero-order chi connectivity index (χ0) is 18.1. The quantitative estimate of drug-likeness (QED) is 0.596. The van der Waals surface area contributed by atoms with E-state index in [4.69, 9.17) is 0 Å². The fourth-order valence-corrected chi connectivity index (χ4v) is 3.27. The van der Waals surface area contributed by atoms with Crippen LogP contribution in [0.15, 0.2) is 35.8 Å². The van der Waals surface area contributed by atoms with E-state index in [1.54, 1.807) is 10.7 Å². The highest BCUT2D eigenvalue weighted by atomic mass is 32.1. The Balaban J connectivity index is 1.48. The van der Waals surface area contributed by atoms with Crippen molar-refractivity contribution in [1.82, 2.24) is 29.5 Å². The first-order valence-corrected chi connectivity index (χ1v) is 8.83. The number of nitrogens with zero attached hydrogens (tertiary/aromatic N) is 6. The lowest BCUT2D eigenvalue weighted by Gasteiger charge is -1.98. The smallest absolute Gasteiger partial charge is 0.252 e. The highest BCUT2D eigenvalue weighted by Gasteiger charge is 2.14. The molecule has 0 aliphatic carbocycles. The number of hydrogen-bond acceptors (Lipinski definition) is 7. The van der Waals surface area contributed by atoms with E-state index >= 15 is 0 Å². The summed E-state index contributed by atoms with van der Waals surface area (Å²) in [5.41, 5.74) is 3.28. The van der Waals surface area contributed by atoms with Gasteiger partial charge in [0.1, 0.15) is 5.69 Å². The van der Waals surface area contributed by atoms with Crippen LogP contribution in [-0.2, 0) is 11.2 Å². The summed E-state index contributed by atoms with van der Waals surface area (Å²) in [5, 5.41) is 9.50. The molecule has 1 N–H and O–H groups in total. The van der Waals surface area contributed by atoms with E-state index in [2.05, 4.69) is 30.4 Å². The zero-order valence-electron chi connectivity index (χ0n) is 14.2. The molecule has 0 atom stereocenters.